The van der Waals surface area contributed by atoms with Crippen LogP contribution in [0.2, 0.25) is 0 Å². The molecule has 0 N–H and O–H groups in total. The minimum Gasteiger partial charge on any atom is -0.495 e. The zero-order valence-electron chi connectivity index (χ0n) is 14.8. The monoisotopic (exact) mass is 369 g/mol. The van der Waals surface area contributed by atoms with Crippen molar-refractivity contribution < 1.29 is 14.6 Å². The fourth-order valence-corrected chi connectivity index (χ4v) is 3.06. The zero-order chi connectivity index (χ0) is 19.9. The van der Waals surface area contributed by atoms with Gasteiger partial charge in [-0.25, -0.2) is 0 Å². The molecule has 0 bridgehead atoms. The molecule has 0 amide bonds. The average molecular weight is 369 g/mol. The van der Waals surface area contributed by atoms with E-state index in [2.05, 4.69) is 0 Å². The quantitative estimate of drug-likeness (QED) is 0.514. The van der Waals surface area contributed by atoms with Gasteiger partial charge in [-0.15, -0.1) is 0 Å². The van der Waals surface area contributed by atoms with Gasteiger partial charge in [0.2, 0.25) is 0 Å². The molecule has 2 aromatic carbocycles. The van der Waals surface area contributed by atoms with Gasteiger partial charge >= 0.3 is 5.69 Å². The largest absolute Gasteiger partial charge is 0.495 e. The summed E-state index contributed by atoms with van der Waals surface area (Å²) in [4.78, 5) is 34.2. The molecule has 0 spiro atoms. The van der Waals surface area contributed by atoms with Gasteiger partial charge in [-0.2, -0.15) is 0 Å². The highest BCUT2D eigenvalue weighted by atomic mass is 16.6. The standard InChI is InChI=1S/C18H15N3O6/c1-10-4-6-11(7-5-10)15-17(27-3)13-8-12(20(23)24)9-14(21(25)26)16(13)19(2)18(15)22/h4-9H,1-3H3. The summed E-state index contributed by atoms with van der Waals surface area (Å²) in [7, 11) is 2.71. The van der Waals surface area contributed by atoms with E-state index >= 15 is 0 Å². The van der Waals surface area contributed by atoms with E-state index in [1.165, 1.54) is 20.2 Å². The Hall–Kier alpha value is -3.75. The van der Waals surface area contributed by atoms with Gasteiger partial charge in [-0.3, -0.25) is 25.0 Å². The van der Waals surface area contributed by atoms with Gasteiger partial charge in [-0.05, 0) is 12.5 Å². The van der Waals surface area contributed by atoms with E-state index in [4.69, 9.17) is 4.74 Å². The first-order valence-corrected chi connectivity index (χ1v) is 7.86. The number of nitro benzene ring substituents is 2. The number of fused-ring (bicyclic) bond motifs is 1. The van der Waals surface area contributed by atoms with Crippen molar-refractivity contribution in [2.45, 2.75) is 6.92 Å². The number of ether oxygens (including phenoxy) is 1. The molecule has 0 radical (unpaired) electrons. The van der Waals surface area contributed by atoms with E-state index in [-0.39, 0.29) is 22.2 Å². The summed E-state index contributed by atoms with van der Waals surface area (Å²) in [5.41, 5.74) is 0.190. The van der Waals surface area contributed by atoms with Crippen LogP contribution in [0.1, 0.15) is 5.56 Å². The Morgan fingerprint density at radius 3 is 2.19 bits per heavy atom. The molecule has 1 aromatic heterocycles. The fraction of sp³-hybridized carbons (Fsp3) is 0.167. The van der Waals surface area contributed by atoms with Crippen LogP contribution in [0.5, 0.6) is 5.75 Å². The highest BCUT2D eigenvalue weighted by Gasteiger charge is 2.27. The molecule has 3 rings (SSSR count). The van der Waals surface area contributed by atoms with Crippen LogP contribution in [0, 0.1) is 27.2 Å². The number of hydrogen-bond donors (Lipinski definition) is 0. The molecule has 9 nitrogen and oxygen atoms in total. The Kier molecular flexibility index (Phi) is 4.36. The van der Waals surface area contributed by atoms with Crippen molar-refractivity contribution in [2.24, 2.45) is 7.05 Å². The molecule has 3 aromatic rings. The summed E-state index contributed by atoms with van der Waals surface area (Å²) in [6.07, 6.45) is 0. The highest BCUT2D eigenvalue weighted by molar-refractivity contribution is 5.98. The third kappa shape index (κ3) is 2.88. The number of rotatable bonds is 4. The van der Waals surface area contributed by atoms with E-state index in [0.717, 1.165) is 16.2 Å². The first-order chi connectivity index (χ1) is 12.8. The molecule has 0 unspecified atom stereocenters. The van der Waals surface area contributed by atoms with Gasteiger partial charge in [-0.1, -0.05) is 29.8 Å². The minimum atomic E-state index is -0.750. The molecular formula is C18H15N3O6. The first-order valence-electron chi connectivity index (χ1n) is 7.86. The second kappa shape index (κ2) is 6.52. The highest BCUT2D eigenvalue weighted by Crippen LogP contribution is 2.39. The number of nitro groups is 2. The second-order valence-corrected chi connectivity index (χ2v) is 6.01. The van der Waals surface area contributed by atoms with E-state index in [1.54, 1.807) is 12.1 Å². The van der Waals surface area contributed by atoms with Gasteiger partial charge < -0.3 is 9.30 Å². The van der Waals surface area contributed by atoms with Crippen molar-refractivity contribution in [3.63, 3.8) is 0 Å². The molecule has 27 heavy (non-hydrogen) atoms. The van der Waals surface area contributed by atoms with Gasteiger partial charge in [0.15, 0.2) is 0 Å². The van der Waals surface area contributed by atoms with Crippen LogP contribution in [0.25, 0.3) is 22.0 Å². The van der Waals surface area contributed by atoms with Crippen molar-refractivity contribution in [1.29, 1.82) is 0 Å². The number of methoxy groups -OCH3 is 1. The Bertz CT molecular complexity index is 1150. The van der Waals surface area contributed by atoms with Gasteiger partial charge in [0, 0.05) is 13.1 Å². The lowest BCUT2D eigenvalue weighted by molar-refractivity contribution is -0.393. The Balaban J connectivity index is 2.55. The predicted octanol–water partition coefficient (Wildman–Crippen LogP) is 3.34. The number of aryl methyl sites for hydroxylation is 2. The molecule has 0 saturated heterocycles. The van der Waals surface area contributed by atoms with Crippen LogP contribution < -0.4 is 10.3 Å². The maximum Gasteiger partial charge on any atom is 0.300 e. The molecular weight excluding hydrogens is 354 g/mol. The Morgan fingerprint density at radius 2 is 1.67 bits per heavy atom. The molecule has 9 heteroatoms. The van der Waals surface area contributed by atoms with Crippen molar-refractivity contribution in [3.8, 4) is 16.9 Å². The normalized spacial score (nSPS) is 10.8. The van der Waals surface area contributed by atoms with E-state index < -0.39 is 26.8 Å². The second-order valence-electron chi connectivity index (χ2n) is 6.01. The third-order valence-electron chi connectivity index (χ3n) is 4.35. The average Bonchev–Trinajstić information content (AvgIpc) is 2.64. The van der Waals surface area contributed by atoms with E-state index in [9.17, 15) is 25.0 Å². The van der Waals surface area contributed by atoms with Crippen LogP contribution in [0.3, 0.4) is 0 Å². The number of pyridine rings is 1. The summed E-state index contributed by atoms with van der Waals surface area (Å²) in [6.45, 7) is 1.90. The SMILES string of the molecule is COc1c(-c2ccc(C)cc2)c(=O)n(C)c2c([N+](=O)[O-])cc([N+](=O)[O-])cc12. The lowest BCUT2D eigenvalue weighted by atomic mass is 10.0. The Morgan fingerprint density at radius 1 is 1.04 bits per heavy atom. The smallest absolute Gasteiger partial charge is 0.300 e. The summed E-state index contributed by atoms with van der Waals surface area (Å²) in [5, 5.41) is 22.8. The summed E-state index contributed by atoms with van der Waals surface area (Å²) < 4.78 is 6.51. The van der Waals surface area contributed by atoms with Crippen LogP contribution in [-0.4, -0.2) is 21.5 Å². The summed E-state index contributed by atoms with van der Waals surface area (Å²) in [5.74, 6) is 0.0590. The molecule has 0 aliphatic rings. The number of nitrogens with zero attached hydrogens (tertiary/aromatic N) is 3. The van der Waals surface area contributed by atoms with E-state index in [0.29, 0.717) is 5.56 Å². The molecule has 138 valence electrons. The van der Waals surface area contributed by atoms with Gasteiger partial charge in [0.1, 0.15) is 11.3 Å². The molecule has 0 aliphatic carbocycles. The number of hydrogen-bond acceptors (Lipinski definition) is 6. The fourth-order valence-electron chi connectivity index (χ4n) is 3.06. The van der Waals surface area contributed by atoms with Crippen molar-refractivity contribution in [1.82, 2.24) is 4.57 Å². The van der Waals surface area contributed by atoms with Crippen molar-refractivity contribution in [3.05, 3.63) is 72.5 Å². The van der Waals surface area contributed by atoms with Crippen molar-refractivity contribution >= 4 is 22.3 Å². The van der Waals surface area contributed by atoms with Crippen LogP contribution in [0.4, 0.5) is 11.4 Å². The Labute approximate surface area is 152 Å². The van der Waals surface area contributed by atoms with Crippen molar-refractivity contribution in [2.75, 3.05) is 7.11 Å². The topological polar surface area (TPSA) is 118 Å². The van der Waals surface area contributed by atoms with E-state index in [1.807, 2.05) is 19.1 Å². The first kappa shape index (κ1) is 18.1. The molecule has 0 aliphatic heterocycles. The zero-order valence-corrected chi connectivity index (χ0v) is 14.8. The number of non-ortho nitro benzene ring substituents is 2. The maximum atomic E-state index is 13.0. The lowest BCUT2D eigenvalue weighted by Crippen LogP contribution is -2.21. The third-order valence-corrected chi connectivity index (χ3v) is 4.35. The van der Waals surface area contributed by atoms with Crippen LogP contribution >= 0.6 is 0 Å². The van der Waals surface area contributed by atoms with Crippen LogP contribution in [0.15, 0.2) is 41.2 Å². The van der Waals surface area contributed by atoms with Gasteiger partial charge in [0.25, 0.3) is 11.2 Å². The lowest BCUT2D eigenvalue weighted by Gasteiger charge is -2.15. The molecule has 0 saturated carbocycles. The predicted molar refractivity (Wildman–Crippen MR) is 99.2 cm³/mol. The molecule has 1 heterocycles. The van der Waals surface area contributed by atoms with Crippen LogP contribution in [-0.2, 0) is 7.05 Å². The number of benzene rings is 2. The molecule has 0 fully saturated rings. The molecule has 0 atom stereocenters. The maximum absolute atomic E-state index is 13.0. The number of aromatic nitrogens is 1. The summed E-state index contributed by atoms with van der Waals surface area (Å²) >= 11 is 0. The minimum absolute atomic E-state index is 0.0386. The summed E-state index contributed by atoms with van der Waals surface area (Å²) in [6, 6.07) is 9.10. The van der Waals surface area contributed by atoms with Gasteiger partial charge in [0.05, 0.1) is 34.0 Å².